The van der Waals surface area contributed by atoms with Gasteiger partial charge in [-0.1, -0.05) is 17.7 Å². The average molecular weight is 534 g/mol. The molecule has 12 heteroatoms. The molecule has 36 heavy (non-hydrogen) atoms. The molecule has 2 saturated heterocycles. The second-order valence-corrected chi connectivity index (χ2v) is 9.20. The van der Waals surface area contributed by atoms with E-state index in [1.54, 1.807) is 11.0 Å². The van der Waals surface area contributed by atoms with Crippen molar-refractivity contribution < 1.29 is 33.0 Å². The van der Waals surface area contributed by atoms with Crippen molar-refractivity contribution in [3.8, 4) is 5.75 Å². The molecule has 0 radical (unpaired) electrons. The number of hydrogen-bond acceptors (Lipinski definition) is 7. The molecule has 0 atom stereocenters. The minimum atomic E-state index is -0.555. The highest BCUT2D eigenvalue weighted by atomic mass is 35.5. The highest BCUT2D eigenvalue weighted by Gasteiger charge is 2.37. The van der Waals surface area contributed by atoms with Gasteiger partial charge < -0.3 is 19.7 Å². The van der Waals surface area contributed by atoms with E-state index in [0.717, 1.165) is 16.7 Å². The van der Waals surface area contributed by atoms with Crippen LogP contribution in [0.2, 0.25) is 5.02 Å². The average Bonchev–Trinajstić information content (AvgIpc) is 3.12. The van der Waals surface area contributed by atoms with Crippen LogP contribution < -0.4 is 10.1 Å². The number of rotatable bonds is 7. The molecule has 4 rings (SSSR count). The molecule has 2 fully saturated rings. The van der Waals surface area contributed by atoms with Gasteiger partial charge in [-0.15, -0.1) is 0 Å². The molecule has 9 nitrogen and oxygen atoms in total. The fourth-order valence-corrected chi connectivity index (χ4v) is 4.52. The van der Waals surface area contributed by atoms with Gasteiger partial charge in [0.05, 0.1) is 23.1 Å². The predicted molar refractivity (Wildman–Crippen MR) is 132 cm³/mol. The van der Waals surface area contributed by atoms with Crippen LogP contribution in [0, 0.1) is 5.82 Å². The molecule has 0 aromatic heterocycles. The zero-order chi connectivity index (χ0) is 25.7. The van der Waals surface area contributed by atoms with Crippen molar-refractivity contribution >= 4 is 58.1 Å². The Morgan fingerprint density at radius 1 is 1.14 bits per heavy atom. The molecule has 2 aliphatic rings. The number of imide groups is 1. The number of carbonyl (C=O) groups excluding carboxylic acids is 4. The first-order valence-electron chi connectivity index (χ1n) is 10.9. The molecular formula is C24H21ClFN3O6S. The summed E-state index contributed by atoms with van der Waals surface area (Å²) in [4.78, 5) is 52.2. The molecule has 2 aromatic rings. The van der Waals surface area contributed by atoms with Gasteiger partial charge in [-0.3, -0.25) is 24.1 Å². The molecule has 1 N–H and O–H groups in total. The SMILES string of the molecule is O=C(COc1ccc(/C=C2/SC(=O)N(CC(=O)N3CCOCC3)C2=O)cc1Cl)Nc1ccc(F)cc1. The molecular weight excluding hydrogens is 513 g/mol. The molecule has 2 aliphatic heterocycles. The van der Waals surface area contributed by atoms with Crippen molar-refractivity contribution in [3.63, 3.8) is 0 Å². The van der Waals surface area contributed by atoms with Gasteiger partial charge in [-0.05, 0) is 59.8 Å². The van der Waals surface area contributed by atoms with E-state index in [4.69, 9.17) is 21.1 Å². The Kier molecular flexibility index (Phi) is 8.24. The number of ether oxygens (including phenoxy) is 2. The maximum Gasteiger partial charge on any atom is 0.294 e. The molecule has 188 valence electrons. The number of nitrogens with one attached hydrogen (secondary N) is 1. The van der Waals surface area contributed by atoms with Gasteiger partial charge in [0, 0.05) is 18.8 Å². The summed E-state index contributed by atoms with van der Waals surface area (Å²) in [7, 11) is 0. The van der Waals surface area contributed by atoms with Gasteiger partial charge in [0.25, 0.3) is 17.1 Å². The Balaban J connectivity index is 1.34. The lowest BCUT2D eigenvalue weighted by Crippen LogP contribution is -2.46. The first-order valence-corrected chi connectivity index (χ1v) is 12.1. The fourth-order valence-electron chi connectivity index (χ4n) is 3.43. The summed E-state index contributed by atoms with van der Waals surface area (Å²) in [6, 6.07) is 9.98. The minimum absolute atomic E-state index is 0.165. The largest absolute Gasteiger partial charge is 0.482 e. The maximum absolute atomic E-state index is 13.0. The fraction of sp³-hybridized carbons (Fsp3) is 0.250. The third kappa shape index (κ3) is 6.42. The smallest absolute Gasteiger partial charge is 0.294 e. The number of amides is 4. The third-order valence-electron chi connectivity index (χ3n) is 5.27. The summed E-state index contributed by atoms with van der Waals surface area (Å²) in [5.41, 5.74) is 0.958. The van der Waals surface area contributed by atoms with Gasteiger partial charge in [0.15, 0.2) is 6.61 Å². The van der Waals surface area contributed by atoms with Gasteiger partial charge in [0.1, 0.15) is 18.1 Å². The van der Waals surface area contributed by atoms with Crippen LogP contribution >= 0.6 is 23.4 Å². The van der Waals surface area contributed by atoms with Crippen LogP contribution in [0.4, 0.5) is 14.9 Å². The number of morpholine rings is 1. The summed E-state index contributed by atoms with van der Waals surface area (Å²) in [6.45, 7) is 1.04. The molecule has 0 aliphatic carbocycles. The van der Waals surface area contributed by atoms with Crippen molar-refractivity contribution in [2.24, 2.45) is 0 Å². The van der Waals surface area contributed by atoms with E-state index in [9.17, 15) is 23.6 Å². The summed E-state index contributed by atoms with van der Waals surface area (Å²) in [5.74, 6) is -1.49. The molecule has 2 heterocycles. The Morgan fingerprint density at radius 3 is 2.56 bits per heavy atom. The van der Waals surface area contributed by atoms with E-state index >= 15 is 0 Å². The second-order valence-electron chi connectivity index (χ2n) is 7.79. The van der Waals surface area contributed by atoms with Crippen LogP contribution in [0.3, 0.4) is 0 Å². The number of hydrogen-bond donors (Lipinski definition) is 1. The van der Waals surface area contributed by atoms with Gasteiger partial charge >= 0.3 is 0 Å². The first kappa shape index (κ1) is 25.7. The first-order chi connectivity index (χ1) is 17.3. The van der Waals surface area contributed by atoms with E-state index in [-0.39, 0.29) is 34.7 Å². The zero-order valence-electron chi connectivity index (χ0n) is 18.9. The minimum Gasteiger partial charge on any atom is -0.482 e. The zero-order valence-corrected chi connectivity index (χ0v) is 20.4. The highest BCUT2D eigenvalue weighted by molar-refractivity contribution is 8.18. The Bertz CT molecular complexity index is 1220. The molecule has 0 saturated carbocycles. The summed E-state index contributed by atoms with van der Waals surface area (Å²) in [6.07, 6.45) is 1.50. The molecule has 0 spiro atoms. The van der Waals surface area contributed by atoms with Crippen LogP contribution in [0.1, 0.15) is 5.56 Å². The predicted octanol–water partition coefficient (Wildman–Crippen LogP) is 3.39. The monoisotopic (exact) mass is 533 g/mol. The Morgan fingerprint density at radius 2 is 1.86 bits per heavy atom. The van der Waals surface area contributed by atoms with Crippen molar-refractivity contribution in [1.29, 1.82) is 0 Å². The lowest BCUT2D eigenvalue weighted by atomic mass is 10.2. The molecule has 2 aromatic carbocycles. The quantitative estimate of drug-likeness (QED) is 0.544. The van der Waals surface area contributed by atoms with Crippen molar-refractivity contribution in [2.75, 3.05) is 44.8 Å². The van der Waals surface area contributed by atoms with Crippen molar-refractivity contribution in [2.45, 2.75) is 0 Å². The summed E-state index contributed by atoms with van der Waals surface area (Å²) in [5, 5.41) is 2.25. The van der Waals surface area contributed by atoms with Crippen LogP contribution in [-0.4, -0.2) is 72.2 Å². The number of nitrogens with zero attached hydrogens (tertiary/aromatic N) is 2. The van der Waals surface area contributed by atoms with Crippen molar-refractivity contribution in [1.82, 2.24) is 9.80 Å². The van der Waals surface area contributed by atoms with E-state index in [1.165, 1.54) is 42.5 Å². The number of halogens is 2. The normalized spacial score (nSPS) is 17.0. The number of carbonyl (C=O) groups is 4. The van der Waals surface area contributed by atoms with E-state index in [0.29, 0.717) is 37.6 Å². The van der Waals surface area contributed by atoms with Gasteiger partial charge in [-0.2, -0.15) is 0 Å². The Hall–Kier alpha value is -3.41. The molecule has 0 unspecified atom stereocenters. The number of thioether (sulfide) groups is 1. The lowest BCUT2D eigenvalue weighted by molar-refractivity contribution is -0.139. The van der Waals surface area contributed by atoms with Crippen LogP contribution in [0.25, 0.3) is 6.08 Å². The summed E-state index contributed by atoms with van der Waals surface area (Å²) >= 11 is 7.01. The molecule has 4 amide bonds. The van der Waals surface area contributed by atoms with Crippen molar-refractivity contribution in [3.05, 3.63) is 63.8 Å². The second kappa shape index (κ2) is 11.5. The van der Waals surface area contributed by atoms with E-state index in [1.807, 2.05) is 0 Å². The van der Waals surface area contributed by atoms with Gasteiger partial charge in [-0.25, -0.2) is 4.39 Å². The Labute approximate surface area is 215 Å². The summed E-state index contributed by atoms with van der Waals surface area (Å²) < 4.78 is 23.6. The van der Waals surface area contributed by atoms with E-state index in [2.05, 4.69) is 5.32 Å². The van der Waals surface area contributed by atoms with E-state index < -0.39 is 22.9 Å². The highest BCUT2D eigenvalue weighted by Crippen LogP contribution is 2.34. The molecule has 0 bridgehead atoms. The van der Waals surface area contributed by atoms with Crippen LogP contribution in [0.5, 0.6) is 5.75 Å². The standard InChI is InChI=1S/C24H21ClFN3O6S/c25-18-11-15(1-6-19(18)35-14-21(30)27-17-4-2-16(26)3-5-17)12-20-23(32)29(24(33)36-20)13-22(31)28-7-9-34-10-8-28/h1-6,11-12H,7-10,13-14H2,(H,27,30)/b20-12+. The third-order valence-corrected chi connectivity index (χ3v) is 6.47. The van der Waals surface area contributed by atoms with Gasteiger partial charge in [0.2, 0.25) is 5.91 Å². The van der Waals surface area contributed by atoms with Crippen LogP contribution in [-0.2, 0) is 19.1 Å². The topological polar surface area (TPSA) is 105 Å². The van der Waals surface area contributed by atoms with Crippen LogP contribution in [0.15, 0.2) is 47.4 Å². The number of benzene rings is 2. The number of anilines is 1. The maximum atomic E-state index is 13.0. The lowest BCUT2D eigenvalue weighted by Gasteiger charge is -2.28.